The molecule has 0 saturated heterocycles. The Morgan fingerprint density at radius 3 is 2.34 bits per heavy atom. The molecule has 3 aromatic carbocycles. The number of benzene rings is 3. The predicted octanol–water partition coefficient (Wildman–Crippen LogP) is 6.29. The van der Waals surface area contributed by atoms with Gasteiger partial charge in [-0.25, -0.2) is 4.39 Å². The molecular weight excluding hydrogens is 534 g/mol. The van der Waals surface area contributed by atoms with Crippen LogP contribution in [0.3, 0.4) is 0 Å². The molecule has 1 atom stereocenters. The van der Waals surface area contributed by atoms with Gasteiger partial charge in [0.2, 0.25) is 5.67 Å². The monoisotopic (exact) mass is 563 g/mol. The third-order valence-corrected chi connectivity index (χ3v) is 8.33. The fraction of sp³-hybridized carbons (Fsp3) is 0.323. The van der Waals surface area contributed by atoms with E-state index in [0.717, 1.165) is 25.3 Å². The van der Waals surface area contributed by atoms with Gasteiger partial charge in [0.1, 0.15) is 6.33 Å². The van der Waals surface area contributed by atoms with Crippen LogP contribution in [-0.4, -0.2) is 26.2 Å². The van der Waals surface area contributed by atoms with E-state index in [2.05, 4.69) is 22.4 Å². The number of carbonyl (C=O) groups excluding carboxylic acids is 1. The average molecular weight is 564 g/mol. The molecule has 0 spiro atoms. The van der Waals surface area contributed by atoms with E-state index in [-0.39, 0.29) is 41.1 Å². The average Bonchev–Trinajstić information content (AvgIpc) is 3.53. The van der Waals surface area contributed by atoms with Crippen molar-refractivity contribution in [2.75, 3.05) is 4.90 Å². The summed E-state index contributed by atoms with van der Waals surface area (Å²) in [6, 6.07) is 17.4. The van der Waals surface area contributed by atoms with Crippen molar-refractivity contribution in [1.82, 2.24) is 20.1 Å². The summed E-state index contributed by atoms with van der Waals surface area (Å²) in [7, 11) is 1.63. The Morgan fingerprint density at radius 2 is 1.71 bits per heavy atom. The van der Waals surface area contributed by atoms with Crippen LogP contribution in [0.25, 0.3) is 0 Å². The zero-order chi connectivity index (χ0) is 29.0. The second-order valence-electron chi connectivity index (χ2n) is 11.2. The van der Waals surface area contributed by atoms with E-state index < -0.39 is 23.3 Å². The van der Waals surface area contributed by atoms with Gasteiger partial charge in [0, 0.05) is 41.5 Å². The van der Waals surface area contributed by atoms with Gasteiger partial charge in [0.15, 0.2) is 5.82 Å². The maximum Gasteiger partial charge on any atom is 0.416 e. The van der Waals surface area contributed by atoms with Gasteiger partial charge in [-0.2, -0.15) is 13.2 Å². The Balaban J connectivity index is 1.39. The highest BCUT2D eigenvalue weighted by Gasteiger charge is 2.43. The summed E-state index contributed by atoms with van der Waals surface area (Å²) in [5.41, 5.74) is -2.03. The third kappa shape index (κ3) is 4.69. The van der Waals surface area contributed by atoms with Crippen molar-refractivity contribution < 1.29 is 22.4 Å². The Hall–Kier alpha value is -4.05. The summed E-state index contributed by atoms with van der Waals surface area (Å²) in [4.78, 5) is 14.9. The lowest BCUT2D eigenvalue weighted by molar-refractivity contribution is -0.138. The summed E-state index contributed by atoms with van der Waals surface area (Å²) in [5.74, 6) is -0.518. The van der Waals surface area contributed by atoms with Crippen LogP contribution in [0.5, 0.6) is 0 Å². The molecule has 41 heavy (non-hydrogen) atoms. The van der Waals surface area contributed by atoms with E-state index in [1.165, 1.54) is 21.9 Å². The third-order valence-electron chi connectivity index (χ3n) is 8.33. The summed E-state index contributed by atoms with van der Waals surface area (Å²) < 4.78 is 61.4. The first-order chi connectivity index (χ1) is 19.5. The lowest BCUT2D eigenvalue weighted by Gasteiger charge is -2.39. The molecule has 1 aliphatic carbocycles. The number of nitrogens with zero attached hydrogens (tertiary/aromatic N) is 4. The topological polar surface area (TPSA) is 63.1 Å². The Kier molecular flexibility index (Phi) is 6.48. The van der Waals surface area contributed by atoms with E-state index in [1.807, 2.05) is 0 Å². The van der Waals surface area contributed by atoms with Crippen LogP contribution in [0.2, 0.25) is 0 Å². The number of amides is 1. The molecule has 1 aliphatic heterocycles. The molecule has 0 radical (unpaired) electrons. The van der Waals surface area contributed by atoms with Gasteiger partial charge in [-0.1, -0.05) is 42.5 Å². The van der Waals surface area contributed by atoms with E-state index in [0.29, 0.717) is 16.8 Å². The number of carbonyl (C=O) groups is 1. The molecule has 1 aromatic heterocycles. The molecule has 1 N–H and O–H groups in total. The van der Waals surface area contributed by atoms with Crippen molar-refractivity contribution in [2.45, 2.75) is 56.7 Å². The highest BCUT2D eigenvalue weighted by molar-refractivity contribution is 6.10. The minimum absolute atomic E-state index is 0.0173. The molecule has 2 heterocycles. The van der Waals surface area contributed by atoms with Gasteiger partial charge < -0.3 is 14.8 Å². The quantitative estimate of drug-likeness (QED) is 0.269. The molecule has 10 heteroatoms. The molecule has 4 aromatic rings. The number of hydrogen-bond acceptors (Lipinski definition) is 4. The lowest BCUT2D eigenvalue weighted by atomic mass is 9.78. The van der Waals surface area contributed by atoms with Crippen LogP contribution < -0.4 is 10.2 Å². The van der Waals surface area contributed by atoms with Gasteiger partial charge in [0.05, 0.1) is 12.1 Å². The number of alkyl halides is 4. The number of rotatable bonds is 7. The zero-order valence-corrected chi connectivity index (χ0v) is 22.7. The van der Waals surface area contributed by atoms with Crippen molar-refractivity contribution in [2.24, 2.45) is 7.05 Å². The van der Waals surface area contributed by atoms with Gasteiger partial charge >= 0.3 is 6.18 Å². The van der Waals surface area contributed by atoms with Crippen molar-refractivity contribution in [3.8, 4) is 0 Å². The summed E-state index contributed by atoms with van der Waals surface area (Å²) >= 11 is 0. The van der Waals surface area contributed by atoms with Crippen molar-refractivity contribution >= 4 is 11.6 Å². The minimum Gasteiger partial charge on any atom is -0.317 e. The molecule has 1 amide bonds. The minimum atomic E-state index is -4.63. The highest BCUT2D eigenvalue weighted by atomic mass is 19.4. The SMILES string of the molecule is Cn1cnnc1C(F)(c1ccccc1)c1cccc(N2Cc3c(cc(CNC4(C)CCC4)cc3C(F)(F)F)C2=O)c1. The highest BCUT2D eigenvalue weighted by Crippen LogP contribution is 2.43. The smallest absolute Gasteiger partial charge is 0.317 e. The predicted molar refractivity (Wildman–Crippen MR) is 146 cm³/mol. The molecule has 0 bridgehead atoms. The largest absolute Gasteiger partial charge is 0.416 e. The second-order valence-corrected chi connectivity index (χ2v) is 11.2. The molecule has 1 saturated carbocycles. The molecule has 1 fully saturated rings. The zero-order valence-electron chi connectivity index (χ0n) is 22.7. The molecular formula is C31H29F4N5O. The van der Waals surface area contributed by atoms with Crippen LogP contribution in [0.1, 0.15) is 70.2 Å². The first kappa shape index (κ1) is 27.1. The van der Waals surface area contributed by atoms with E-state index in [1.54, 1.807) is 61.6 Å². The van der Waals surface area contributed by atoms with Crippen LogP contribution in [-0.2, 0) is 32.0 Å². The van der Waals surface area contributed by atoms with Gasteiger partial charge in [-0.3, -0.25) is 4.79 Å². The number of anilines is 1. The van der Waals surface area contributed by atoms with Crippen LogP contribution in [0, 0.1) is 0 Å². The Morgan fingerprint density at radius 1 is 0.976 bits per heavy atom. The molecule has 2 aliphatic rings. The number of fused-ring (bicyclic) bond motifs is 1. The molecule has 6 nitrogen and oxygen atoms in total. The van der Waals surface area contributed by atoms with Crippen LogP contribution >= 0.6 is 0 Å². The summed E-state index contributed by atoms with van der Waals surface area (Å²) in [6.45, 7) is 2.01. The van der Waals surface area contributed by atoms with Gasteiger partial charge in [-0.15, -0.1) is 10.2 Å². The lowest BCUT2D eigenvalue weighted by Crippen LogP contribution is -2.47. The number of halogens is 4. The number of aromatic nitrogens is 3. The maximum atomic E-state index is 17.2. The number of nitrogens with one attached hydrogen (secondary N) is 1. The molecule has 212 valence electrons. The molecule has 6 rings (SSSR count). The Bertz CT molecular complexity index is 1610. The van der Waals surface area contributed by atoms with Crippen LogP contribution in [0.4, 0.5) is 23.2 Å². The van der Waals surface area contributed by atoms with E-state index in [9.17, 15) is 18.0 Å². The van der Waals surface area contributed by atoms with Gasteiger partial charge in [-0.05, 0) is 61.6 Å². The van der Waals surface area contributed by atoms with Crippen molar-refractivity contribution in [3.05, 3.63) is 112 Å². The van der Waals surface area contributed by atoms with Gasteiger partial charge in [0.25, 0.3) is 5.91 Å². The first-order valence-electron chi connectivity index (χ1n) is 13.5. The van der Waals surface area contributed by atoms with E-state index >= 15 is 4.39 Å². The summed E-state index contributed by atoms with van der Waals surface area (Å²) in [5, 5.41) is 11.2. The number of hydrogen-bond donors (Lipinski definition) is 1. The Labute approximate surface area is 235 Å². The van der Waals surface area contributed by atoms with Crippen molar-refractivity contribution in [3.63, 3.8) is 0 Å². The molecule has 1 unspecified atom stereocenters. The first-order valence-corrected chi connectivity index (χ1v) is 13.5. The summed E-state index contributed by atoms with van der Waals surface area (Å²) in [6.07, 6.45) is -0.241. The standard InChI is InChI=1S/C31H29F4N5O/c1-29(12-7-13-29)36-17-20-14-24-25(26(15-20)31(33,34)35)18-40(27(24)41)23-11-6-10-22(16-23)30(32,21-8-4-3-5-9-21)28-38-37-19-39(28)2/h3-6,8-11,14-16,19,36H,7,12-13,17-18H2,1-2H3. The normalized spacial score (nSPS) is 17.7. The fourth-order valence-electron chi connectivity index (χ4n) is 5.81. The number of aryl methyl sites for hydroxylation is 1. The van der Waals surface area contributed by atoms with Crippen molar-refractivity contribution in [1.29, 1.82) is 0 Å². The second kappa shape index (κ2) is 9.80. The van der Waals surface area contributed by atoms with E-state index in [4.69, 9.17) is 0 Å². The maximum absolute atomic E-state index is 17.2. The van der Waals surface area contributed by atoms with Crippen LogP contribution in [0.15, 0.2) is 73.1 Å². The fourth-order valence-corrected chi connectivity index (χ4v) is 5.81.